The number of carbonyl (C=O) groups is 1. The van der Waals surface area contributed by atoms with Crippen molar-refractivity contribution in [3.8, 4) is 5.69 Å². The molecule has 0 aliphatic carbocycles. The first-order chi connectivity index (χ1) is 13.8. The fraction of sp³-hybridized carbons (Fsp3) is 0.182. The summed E-state index contributed by atoms with van der Waals surface area (Å²) in [5, 5.41) is 0. The number of ether oxygens (including phenoxy) is 1. The van der Waals surface area contributed by atoms with Crippen LogP contribution >= 0.6 is 0 Å². The maximum Gasteiger partial charge on any atom is 0.254 e. The Morgan fingerprint density at radius 3 is 2.68 bits per heavy atom. The molecule has 0 N–H and O–H groups in total. The predicted molar refractivity (Wildman–Crippen MR) is 106 cm³/mol. The normalized spacial score (nSPS) is 11.0. The van der Waals surface area contributed by atoms with Crippen molar-refractivity contribution in [2.45, 2.75) is 6.54 Å². The van der Waals surface area contributed by atoms with Crippen molar-refractivity contribution in [3.63, 3.8) is 0 Å². The molecular formula is C22H21N3O3. The Morgan fingerprint density at radius 1 is 1.11 bits per heavy atom. The topological polar surface area (TPSA) is 60.5 Å². The summed E-state index contributed by atoms with van der Waals surface area (Å²) in [7, 11) is 1.62. The second kappa shape index (κ2) is 8.10. The van der Waals surface area contributed by atoms with E-state index in [2.05, 4.69) is 4.98 Å². The molecule has 0 aliphatic heterocycles. The van der Waals surface area contributed by atoms with Gasteiger partial charge in [-0.05, 0) is 48.5 Å². The van der Waals surface area contributed by atoms with Gasteiger partial charge in [-0.3, -0.25) is 9.36 Å². The summed E-state index contributed by atoms with van der Waals surface area (Å²) in [6.45, 7) is 1.36. The van der Waals surface area contributed by atoms with Gasteiger partial charge in [-0.2, -0.15) is 0 Å². The van der Waals surface area contributed by atoms with Crippen molar-refractivity contribution < 1.29 is 13.9 Å². The van der Waals surface area contributed by atoms with Crippen LogP contribution in [0.3, 0.4) is 0 Å². The maximum atomic E-state index is 13.0. The molecule has 0 atom stereocenters. The molecular weight excluding hydrogens is 354 g/mol. The van der Waals surface area contributed by atoms with E-state index in [0.29, 0.717) is 25.3 Å². The highest BCUT2D eigenvalue weighted by Gasteiger charge is 2.17. The van der Waals surface area contributed by atoms with E-state index < -0.39 is 0 Å². The molecule has 0 fully saturated rings. The first-order valence-electron chi connectivity index (χ1n) is 9.09. The number of nitrogens with zero attached hydrogens (tertiary/aromatic N) is 3. The molecule has 4 aromatic rings. The molecule has 2 aromatic carbocycles. The Morgan fingerprint density at radius 2 is 1.93 bits per heavy atom. The molecule has 2 aromatic heterocycles. The van der Waals surface area contributed by atoms with Crippen LogP contribution in [0.15, 0.2) is 77.7 Å². The quantitative estimate of drug-likeness (QED) is 0.491. The van der Waals surface area contributed by atoms with E-state index in [1.54, 1.807) is 24.6 Å². The number of para-hydroxylation sites is 2. The number of aromatic nitrogens is 2. The predicted octanol–water partition coefficient (Wildman–Crippen LogP) is 3.91. The molecule has 0 aliphatic rings. The molecule has 0 unspecified atom stereocenters. The van der Waals surface area contributed by atoms with E-state index in [4.69, 9.17) is 9.15 Å². The van der Waals surface area contributed by atoms with Crippen molar-refractivity contribution in [2.75, 3.05) is 20.3 Å². The lowest BCUT2D eigenvalue weighted by Gasteiger charge is -2.21. The van der Waals surface area contributed by atoms with Gasteiger partial charge in [0.2, 0.25) is 0 Å². The molecule has 0 radical (unpaired) electrons. The van der Waals surface area contributed by atoms with Gasteiger partial charge in [0.15, 0.2) is 0 Å². The van der Waals surface area contributed by atoms with Crippen LogP contribution in [0.1, 0.15) is 16.1 Å². The van der Waals surface area contributed by atoms with Crippen LogP contribution in [0.25, 0.3) is 16.7 Å². The lowest BCUT2D eigenvalue weighted by Crippen LogP contribution is -2.33. The van der Waals surface area contributed by atoms with Crippen molar-refractivity contribution in [2.24, 2.45) is 0 Å². The largest absolute Gasteiger partial charge is 0.467 e. The molecule has 2 heterocycles. The Labute approximate surface area is 163 Å². The van der Waals surface area contributed by atoms with Crippen LogP contribution < -0.4 is 0 Å². The summed E-state index contributed by atoms with van der Waals surface area (Å²) in [4.78, 5) is 19.1. The number of rotatable bonds is 7. The third kappa shape index (κ3) is 3.68. The summed E-state index contributed by atoms with van der Waals surface area (Å²) >= 11 is 0. The van der Waals surface area contributed by atoms with Crippen molar-refractivity contribution in [3.05, 3.63) is 84.6 Å². The molecule has 28 heavy (non-hydrogen) atoms. The van der Waals surface area contributed by atoms with Crippen LogP contribution in [0.2, 0.25) is 0 Å². The van der Waals surface area contributed by atoms with Crippen LogP contribution in [0.4, 0.5) is 0 Å². The first-order valence-corrected chi connectivity index (χ1v) is 9.09. The minimum atomic E-state index is -0.0597. The lowest BCUT2D eigenvalue weighted by molar-refractivity contribution is 0.0666. The number of methoxy groups -OCH3 is 1. The van der Waals surface area contributed by atoms with Gasteiger partial charge < -0.3 is 14.1 Å². The molecule has 142 valence electrons. The maximum absolute atomic E-state index is 13.0. The minimum Gasteiger partial charge on any atom is -0.467 e. The van der Waals surface area contributed by atoms with E-state index in [-0.39, 0.29) is 5.91 Å². The highest BCUT2D eigenvalue weighted by molar-refractivity contribution is 5.94. The number of benzene rings is 2. The zero-order chi connectivity index (χ0) is 19.3. The monoisotopic (exact) mass is 375 g/mol. The number of hydrogen-bond donors (Lipinski definition) is 0. The second-order valence-corrected chi connectivity index (χ2v) is 6.45. The van der Waals surface area contributed by atoms with Crippen molar-refractivity contribution in [1.29, 1.82) is 0 Å². The number of carbonyl (C=O) groups excluding carboxylic acids is 1. The van der Waals surface area contributed by atoms with E-state index in [9.17, 15) is 4.79 Å². The number of imidazole rings is 1. The van der Waals surface area contributed by atoms with Gasteiger partial charge in [-0.1, -0.05) is 12.1 Å². The molecule has 0 spiro atoms. The first kappa shape index (κ1) is 18.0. The zero-order valence-electron chi connectivity index (χ0n) is 15.6. The Bertz CT molecular complexity index is 1050. The molecule has 0 bridgehead atoms. The summed E-state index contributed by atoms with van der Waals surface area (Å²) in [5.41, 5.74) is 3.54. The van der Waals surface area contributed by atoms with Gasteiger partial charge in [-0.15, -0.1) is 0 Å². The van der Waals surface area contributed by atoms with Gasteiger partial charge in [0.1, 0.15) is 12.1 Å². The molecule has 6 heteroatoms. The Hall–Kier alpha value is -3.38. The Kier molecular flexibility index (Phi) is 5.21. The summed E-state index contributed by atoms with van der Waals surface area (Å²) < 4.78 is 12.6. The minimum absolute atomic E-state index is 0.0597. The summed E-state index contributed by atoms with van der Waals surface area (Å²) in [6, 6.07) is 19.2. The van der Waals surface area contributed by atoms with Crippen LogP contribution in [-0.4, -0.2) is 40.6 Å². The number of hydrogen-bond acceptors (Lipinski definition) is 4. The molecule has 0 saturated carbocycles. The average Bonchev–Trinajstić information content (AvgIpc) is 3.40. The van der Waals surface area contributed by atoms with Gasteiger partial charge in [0, 0.05) is 24.9 Å². The van der Waals surface area contributed by atoms with E-state index >= 15 is 0 Å². The summed E-state index contributed by atoms with van der Waals surface area (Å²) in [5.74, 6) is 0.682. The highest BCUT2D eigenvalue weighted by atomic mass is 16.5. The van der Waals surface area contributed by atoms with E-state index in [0.717, 1.165) is 22.5 Å². The van der Waals surface area contributed by atoms with Gasteiger partial charge in [0.25, 0.3) is 5.91 Å². The second-order valence-electron chi connectivity index (χ2n) is 6.45. The van der Waals surface area contributed by atoms with Gasteiger partial charge in [-0.25, -0.2) is 4.98 Å². The van der Waals surface area contributed by atoms with Crippen LogP contribution in [-0.2, 0) is 11.3 Å². The summed E-state index contributed by atoms with van der Waals surface area (Å²) in [6.07, 6.45) is 3.40. The number of amides is 1. The van der Waals surface area contributed by atoms with E-state index in [1.165, 1.54) is 0 Å². The molecule has 4 rings (SSSR count). The Balaban J connectivity index is 1.56. The van der Waals surface area contributed by atoms with Gasteiger partial charge in [0.05, 0.1) is 30.4 Å². The molecule has 6 nitrogen and oxygen atoms in total. The molecule has 1 amide bonds. The SMILES string of the molecule is COCCN(Cc1ccco1)C(=O)c1ccc(-n2cnc3ccccc32)cc1. The number of fused-ring (bicyclic) bond motifs is 1. The number of furan rings is 1. The van der Waals surface area contributed by atoms with Gasteiger partial charge >= 0.3 is 0 Å². The fourth-order valence-electron chi connectivity index (χ4n) is 3.16. The van der Waals surface area contributed by atoms with Crippen molar-refractivity contribution >= 4 is 16.9 Å². The fourth-order valence-corrected chi connectivity index (χ4v) is 3.16. The standard InChI is InChI=1S/C22H21N3O3/c1-27-14-12-24(15-19-5-4-13-28-19)22(26)17-8-10-18(11-9-17)25-16-23-20-6-2-3-7-21(20)25/h2-11,13,16H,12,14-15H2,1H3. The van der Waals surface area contributed by atoms with Crippen LogP contribution in [0, 0.1) is 0 Å². The smallest absolute Gasteiger partial charge is 0.254 e. The lowest BCUT2D eigenvalue weighted by atomic mass is 10.1. The van der Waals surface area contributed by atoms with Crippen molar-refractivity contribution in [1.82, 2.24) is 14.5 Å². The third-order valence-corrected chi connectivity index (χ3v) is 4.63. The molecule has 0 saturated heterocycles. The highest BCUT2D eigenvalue weighted by Crippen LogP contribution is 2.19. The van der Waals surface area contributed by atoms with E-state index in [1.807, 2.05) is 65.2 Å². The average molecular weight is 375 g/mol. The third-order valence-electron chi connectivity index (χ3n) is 4.63. The zero-order valence-corrected chi connectivity index (χ0v) is 15.6. The van der Waals surface area contributed by atoms with Crippen LogP contribution in [0.5, 0.6) is 0 Å².